The normalized spacial score (nSPS) is 25.6. The minimum atomic E-state index is -0.320. The molecule has 0 fully saturated rings. The molecule has 0 aromatic heterocycles. The Morgan fingerprint density at radius 2 is 2.33 bits per heavy atom. The molecule has 15 heavy (non-hydrogen) atoms. The molecule has 0 spiro atoms. The van der Waals surface area contributed by atoms with Crippen LogP contribution in [0.15, 0.2) is 12.2 Å². The first-order chi connectivity index (χ1) is 7.08. The van der Waals surface area contributed by atoms with Gasteiger partial charge in [-0.15, -0.1) is 0 Å². The summed E-state index contributed by atoms with van der Waals surface area (Å²) >= 11 is 0. The van der Waals surface area contributed by atoms with E-state index in [9.17, 15) is 4.79 Å². The molecular formula is C11H18O4. The Labute approximate surface area is 90.2 Å². The Kier molecular flexibility index (Phi) is 4.78. The standard InChI is InChI=1S/C11H18O4/c1-8(2)14-11-6-4-5-10(15-11)7-13-9(3)12/h4,6,8,10-11H,5,7H2,1-3H3. The zero-order chi connectivity index (χ0) is 11.3. The average Bonchev–Trinajstić information content (AvgIpc) is 2.14. The lowest BCUT2D eigenvalue weighted by Crippen LogP contribution is -2.31. The second kappa shape index (κ2) is 5.88. The van der Waals surface area contributed by atoms with Crippen LogP contribution in [0.3, 0.4) is 0 Å². The van der Waals surface area contributed by atoms with Crippen molar-refractivity contribution in [1.29, 1.82) is 0 Å². The molecular weight excluding hydrogens is 196 g/mol. The summed E-state index contributed by atoms with van der Waals surface area (Å²) in [4.78, 5) is 10.6. The number of carbonyl (C=O) groups is 1. The van der Waals surface area contributed by atoms with Gasteiger partial charge in [0.05, 0.1) is 12.2 Å². The highest BCUT2D eigenvalue weighted by Crippen LogP contribution is 2.15. The summed E-state index contributed by atoms with van der Waals surface area (Å²) in [7, 11) is 0. The number of rotatable bonds is 4. The molecule has 0 aromatic carbocycles. The van der Waals surface area contributed by atoms with Gasteiger partial charge in [-0.2, -0.15) is 0 Å². The average molecular weight is 214 g/mol. The molecule has 4 nitrogen and oxygen atoms in total. The van der Waals surface area contributed by atoms with Crippen molar-refractivity contribution in [3.05, 3.63) is 12.2 Å². The van der Waals surface area contributed by atoms with E-state index in [0.29, 0.717) is 0 Å². The summed E-state index contributed by atoms with van der Waals surface area (Å²) < 4.78 is 15.9. The predicted molar refractivity (Wildman–Crippen MR) is 55.3 cm³/mol. The predicted octanol–water partition coefficient (Wildman–Crippen LogP) is 1.65. The Balaban J connectivity index is 2.32. The van der Waals surface area contributed by atoms with E-state index >= 15 is 0 Å². The van der Waals surface area contributed by atoms with Crippen molar-refractivity contribution < 1.29 is 19.0 Å². The highest BCUT2D eigenvalue weighted by molar-refractivity contribution is 5.65. The molecule has 1 heterocycles. The Morgan fingerprint density at radius 3 is 2.93 bits per heavy atom. The fraction of sp³-hybridized carbons (Fsp3) is 0.727. The van der Waals surface area contributed by atoms with Crippen molar-refractivity contribution in [2.75, 3.05) is 6.61 Å². The SMILES string of the molecule is CC(=O)OCC1CC=CC(OC(C)C)O1. The van der Waals surface area contributed by atoms with Gasteiger partial charge in [-0.1, -0.05) is 6.08 Å². The fourth-order valence-electron chi connectivity index (χ4n) is 1.30. The maximum absolute atomic E-state index is 10.6. The molecule has 1 aliphatic heterocycles. The first kappa shape index (κ1) is 12.2. The monoisotopic (exact) mass is 214 g/mol. The van der Waals surface area contributed by atoms with Gasteiger partial charge in [-0.25, -0.2) is 0 Å². The minimum absolute atomic E-state index is 0.0948. The summed E-state index contributed by atoms with van der Waals surface area (Å²) in [5.74, 6) is -0.283. The van der Waals surface area contributed by atoms with Gasteiger partial charge < -0.3 is 14.2 Å². The quantitative estimate of drug-likeness (QED) is 0.527. The van der Waals surface area contributed by atoms with Crippen LogP contribution in [0.1, 0.15) is 27.2 Å². The number of ether oxygens (including phenoxy) is 3. The van der Waals surface area contributed by atoms with Crippen LogP contribution in [0.4, 0.5) is 0 Å². The molecule has 1 rings (SSSR count). The lowest BCUT2D eigenvalue weighted by atomic mass is 10.2. The smallest absolute Gasteiger partial charge is 0.302 e. The summed E-state index contributed by atoms with van der Waals surface area (Å²) in [5.41, 5.74) is 0. The number of esters is 1. The summed E-state index contributed by atoms with van der Waals surface area (Å²) in [6.45, 7) is 5.58. The van der Waals surface area contributed by atoms with Crippen LogP contribution in [-0.2, 0) is 19.0 Å². The second-order valence-corrected chi connectivity index (χ2v) is 3.78. The first-order valence-corrected chi connectivity index (χ1v) is 5.19. The molecule has 1 aliphatic rings. The van der Waals surface area contributed by atoms with Crippen LogP contribution >= 0.6 is 0 Å². The van der Waals surface area contributed by atoms with Crippen molar-refractivity contribution in [3.63, 3.8) is 0 Å². The van der Waals surface area contributed by atoms with Gasteiger partial charge in [0.1, 0.15) is 6.61 Å². The van der Waals surface area contributed by atoms with Crippen molar-refractivity contribution in [1.82, 2.24) is 0 Å². The third-order valence-electron chi connectivity index (χ3n) is 1.90. The van der Waals surface area contributed by atoms with Crippen LogP contribution in [0, 0.1) is 0 Å². The molecule has 0 aliphatic carbocycles. The molecule has 0 saturated heterocycles. The topological polar surface area (TPSA) is 44.8 Å². The minimum Gasteiger partial charge on any atom is -0.463 e. The van der Waals surface area contributed by atoms with E-state index in [1.807, 2.05) is 26.0 Å². The Bertz CT molecular complexity index is 235. The van der Waals surface area contributed by atoms with Gasteiger partial charge in [-0.05, 0) is 26.3 Å². The van der Waals surface area contributed by atoms with Gasteiger partial charge in [0, 0.05) is 6.92 Å². The molecule has 2 unspecified atom stereocenters. The van der Waals surface area contributed by atoms with E-state index < -0.39 is 0 Å². The number of hydrogen-bond acceptors (Lipinski definition) is 4. The van der Waals surface area contributed by atoms with E-state index in [2.05, 4.69) is 0 Å². The maximum Gasteiger partial charge on any atom is 0.302 e. The van der Waals surface area contributed by atoms with Gasteiger partial charge in [0.25, 0.3) is 0 Å². The van der Waals surface area contributed by atoms with Crippen molar-refractivity contribution in [3.8, 4) is 0 Å². The van der Waals surface area contributed by atoms with Gasteiger partial charge in [0.15, 0.2) is 6.29 Å². The highest BCUT2D eigenvalue weighted by atomic mass is 16.7. The molecule has 0 amide bonds. The van der Waals surface area contributed by atoms with Crippen molar-refractivity contribution >= 4 is 5.97 Å². The van der Waals surface area contributed by atoms with Crippen LogP contribution in [-0.4, -0.2) is 31.1 Å². The third kappa shape index (κ3) is 4.95. The van der Waals surface area contributed by atoms with Crippen LogP contribution < -0.4 is 0 Å². The lowest BCUT2D eigenvalue weighted by Gasteiger charge is -2.26. The zero-order valence-electron chi connectivity index (χ0n) is 9.43. The molecule has 86 valence electrons. The number of carbonyl (C=O) groups excluding carboxylic acids is 1. The molecule has 0 radical (unpaired) electrons. The highest BCUT2D eigenvalue weighted by Gasteiger charge is 2.20. The molecule has 0 saturated carbocycles. The summed E-state index contributed by atoms with van der Waals surface area (Å²) in [6.07, 6.45) is 4.33. The van der Waals surface area contributed by atoms with Crippen LogP contribution in [0.2, 0.25) is 0 Å². The maximum atomic E-state index is 10.6. The first-order valence-electron chi connectivity index (χ1n) is 5.19. The summed E-state index contributed by atoms with van der Waals surface area (Å²) in [6, 6.07) is 0. The van der Waals surface area contributed by atoms with E-state index in [-0.39, 0.29) is 31.1 Å². The van der Waals surface area contributed by atoms with E-state index in [0.717, 1.165) is 6.42 Å². The largest absolute Gasteiger partial charge is 0.463 e. The molecule has 4 heteroatoms. The summed E-state index contributed by atoms with van der Waals surface area (Å²) in [5, 5.41) is 0. The van der Waals surface area contributed by atoms with Crippen molar-refractivity contribution in [2.45, 2.75) is 45.7 Å². The lowest BCUT2D eigenvalue weighted by molar-refractivity contribution is -0.181. The van der Waals surface area contributed by atoms with Crippen LogP contribution in [0.25, 0.3) is 0 Å². The fourth-order valence-corrected chi connectivity index (χ4v) is 1.30. The van der Waals surface area contributed by atoms with Crippen LogP contribution in [0.5, 0.6) is 0 Å². The molecule has 2 atom stereocenters. The molecule has 0 bridgehead atoms. The van der Waals surface area contributed by atoms with Gasteiger partial charge in [-0.3, -0.25) is 4.79 Å². The second-order valence-electron chi connectivity index (χ2n) is 3.78. The van der Waals surface area contributed by atoms with E-state index in [4.69, 9.17) is 14.2 Å². The molecule has 0 aromatic rings. The van der Waals surface area contributed by atoms with E-state index in [1.54, 1.807) is 0 Å². The Hall–Kier alpha value is -0.870. The van der Waals surface area contributed by atoms with Gasteiger partial charge in [0.2, 0.25) is 0 Å². The van der Waals surface area contributed by atoms with Gasteiger partial charge >= 0.3 is 5.97 Å². The zero-order valence-corrected chi connectivity index (χ0v) is 9.43. The molecule has 0 N–H and O–H groups in total. The number of hydrogen-bond donors (Lipinski definition) is 0. The van der Waals surface area contributed by atoms with Crippen molar-refractivity contribution in [2.24, 2.45) is 0 Å². The third-order valence-corrected chi connectivity index (χ3v) is 1.90. The van der Waals surface area contributed by atoms with E-state index in [1.165, 1.54) is 6.92 Å². The Morgan fingerprint density at radius 1 is 1.60 bits per heavy atom.